The zero-order valence-corrected chi connectivity index (χ0v) is 11.7. The molecular weight excluding hydrogens is 337 g/mol. The lowest BCUT2D eigenvalue weighted by atomic mass is 10.2. The number of hydrogen-bond acceptors (Lipinski definition) is 6. The SMILES string of the molecule is COc1cn(-c2cc3c(cc2F)OC(F)(F)O3)nc(C(=O)O)c1=O. The predicted molar refractivity (Wildman–Crippen MR) is 69.5 cm³/mol. The van der Waals surface area contributed by atoms with Crippen LogP contribution in [0.15, 0.2) is 23.1 Å². The quantitative estimate of drug-likeness (QED) is 0.898. The Balaban J connectivity index is 2.19. The monoisotopic (exact) mass is 344 g/mol. The van der Waals surface area contributed by atoms with Crippen LogP contribution >= 0.6 is 0 Å². The predicted octanol–water partition coefficient (Wildman–Crippen LogP) is 1.40. The Labute approximate surface area is 130 Å². The molecule has 0 unspecified atom stereocenters. The third kappa shape index (κ3) is 2.49. The molecule has 2 heterocycles. The average Bonchev–Trinajstić information content (AvgIpc) is 2.79. The third-order valence-electron chi connectivity index (χ3n) is 3.03. The lowest BCUT2D eigenvalue weighted by molar-refractivity contribution is -0.286. The van der Waals surface area contributed by atoms with Crippen LogP contribution in [-0.2, 0) is 0 Å². The maximum absolute atomic E-state index is 14.1. The van der Waals surface area contributed by atoms with Crippen LogP contribution in [0.25, 0.3) is 5.69 Å². The van der Waals surface area contributed by atoms with E-state index in [-0.39, 0.29) is 0 Å². The molecule has 0 aliphatic carbocycles. The summed E-state index contributed by atoms with van der Waals surface area (Å²) in [6.07, 6.45) is -3.04. The molecule has 8 nitrogen and oxygen atoms in total. The molecule has 0 bridgehead atoms. The van der Waals surface area contributed by atoms with Crippen LogP contribution < -0.4 is 19.6 Å². The first-order valence-electron chi connectivity index (χ1n) is 6.23. The molecule has 11 heteroatoms. The Kier molecular flexibility index (Phi) is 3.36. The van der Waals surface area contributed by atoms with E-state index in [4.69, 9.17) is 9.84 Å². The number of ether oxygens (including phenoxy) is 3. The maximum atomic E-state index is 14.1. The van der Waals surface area contributed by atoms with Crippen LogP contribution in [0.1, 0.15) is 10.5 Å². The van der Waals surface area contributed by atoms with E-state index in [2.05, 4.69) is 14.6 Å². The number of alkyl halides is 2. The number of halogens is 3. The number of benzene rings is 1. The number of rotatable bonds is 3. The summed E-state index contributed by atoms with van der Waals surface area (Å²) in [6.45, 7) is 0. The van der Waals surface area contributed by atoms with Crippen molar-refractivity contribution in [1.82, 2.24) is 9.78 Å². The van der Waals surface area contributed by atoms with Gasteiger partial charge in [0.1, 0.15) is 5.69 Å². The molecule has 1 aliphatic rings. The van der Waals surface area contributed by atoms with E-state index in [0.717, 1.165) is 19.4 Å². The lowest BCUT2D eigenvalue weighted by Gasteiger charge is -2.10. The number of fused-ring (bicyclic) bond motifs is 1. The van der Waals surface area contributed by atoms with E-state index >= 15 is 0 Å². The number of aromatic nitrogens is 2. The van der Waals surface area contributed by atoms with Gasteiger partial charge < -0.3 is 19.3 Å². The Hall–Kier alpha value is -3.24. The molecule has 0 saturated carbocycles. The van der Waals surface area contributed by atoms with Gasteiger partial charge in [-0.1, -0.05) is 0 Å². The molecule has 1 aliphatic heterocycles. The van der Waals surface area contributed by atoms with E-state index < -0.39 is 52.1 Å². The highest BCUT2D eigenvalue weighted by Gasteiger charge is 2.44. The second-order valence-corrected chi connectivity index (χ2v) is 4.54. The van der Waals surface area contributed by atoms with Crippen molar-refractivity contribution in [3.8, 4) is 22.9 Å². The smallest absolute Gasteiger partial charge is 0.491 e. The van der Waals surface area contributed by atoms with Crippen molar-refractivity contribution in [2.24, 2.45) is 0 Å². The van der Waals surface area contributed by atoms with Crippen LogP contribution in [0.2, 0.25) is 0 Å². The van der Waals surface area contributed by atoms with Gasteiger partial charge >= 0.3 is 12.3 Å². The van der Waals surface area contributed by atoms with Gasteiger partial charge in [-0.05, 0) is 0 Å². The fourth-order valence-corrected chi connectivity index (χ4v) is 2.01. The summed E-state index contributed by atoms with van der Waals surface area (Å²) in [7, 11) is 1.10. The summed E-state index contributed by atoms with van der Waals surface area (Å²) in [5.41, 5.74) is -2.40. The molecule has 0 atom stereocenters. The second-order valence-electron chi connectivity index (χ2n) is 4.54. The molecule has 1 aromatic carbocycles. The van der Waals surface area contributed by atoms with E-state index in [0.29, 0.717) is 10.7 Å². The first-order valence-corrected chi connectivity index (χ1v) is 6.23. The topological polar surface area (TPSA) is 99.9 Å². The van der Waals surface area contributed by atoms with E-state index in [1.54, 1.807) is 0 Å². The Bertz CT molecular complexity index is 911. The van der Waals surface area contributed by atoms with Crippen molar-refractivity contribution < 1.29 is 37.3 Å². The van der Waals surface area contributed by atoms with Gasteiger partial charge in [0.05, 0.1) is 13.3 Å². The third-order valence-corrected chi connectivity index (χ3v) is 3.03. The Morgan fingerprint density at radius 3 is 2.54 bits per heavy atom. The molecule has 0 amide bonds. The standard InChI is InChI=1S/C13H7F3N2O6/c1-22-9-4-18(17-10(11(9)19)12(20)21)6-3-8-7(2-5(6)14)23-13(15,16)24-8/h2-4H,1H3,(H,20,21). The molecule has 0 spiro atoms. The van der Waals surface area contributed by atoms with Crippen LogP contribution in [0.5, 0.6) is 17.2 Å². The maximum Gasteiger partial charge on any atom is 0.586 e. The highest BCUT2D eigenvalue weighted by atomic mass is 19.3. The summed E-state index contributed by atoms with van der Waals surface area (Å²) in [5.74, 6) is -4.17. The first-order chi connectivity index (χ1) is 11.2. The molecule has 1 N–H and O–H groups in total. The van der Waals surface area contributed by atoms with Gasteiger partial charge in [-0.3, -0.25) is 4.79 Å². The zero-order chi connectivity index (χ0) is 17.6. The van der Waals surface area contributed by atoms with Crippen molar-refractivity contribution in [3.05, 3.63) is 40.1 Å². The van der Waals surface area contributed by atoms with Crippen molar-refractivity contribution in [1.29, 1.82) is 0 Å². The number of carboxylic acids is 1. The molecule has 2 aromatic rings. The van der Waals surface area contributed by atoms with Crippen molar-refractivity contribution >= 4 is 5.97 Å². The summed E-state index contributed by atoms with van der Waals surface area (Å²) in [6, 6.07) is 1.45. The average molecular weight is 344 g/mol. The summed E-state index contributed by atoms with van der Waals surface area (Å²) < 4.78 is 53.9. The van der Waals surface area contributed by atoms with Gasteiger partial charge in [0.2, 0.25) is 5.69 Å². The normalized spacial score (nSPS) is 14.5. The Morgan fingerprint density at radius 1 is 1.33 bits per heavy atom. The number of aromatic carboxylic acids is 1. The molecule has 126 valence electrons. The van der Waals surface area contributed by atoms with Crippen molar-refractivity contribution in [2.75, 3.05) is 7.11 Å². The summed E-state index contributed by atoms with van der Waals surface area (Å²) >= 11 is 0. The van der Waals surface area contributed by atoms with Gasteiger partial charge in [-0.25, -0.2) is 13.9 Å². The van der Waals surface area contributed by atoms with Gasteiger partial charge in [0, 0.05) is 12.1 Å². The molecule has 0 radical (unpaired) electrons. The molecule has 24 heavy (non-hydrogen) atoms. The van der Waals surface area contributed by atoms with Crippen LogP contribution in [0, 0.1) is 5.82 Å². The molecule has 0 saturated heterocycles. The highest BCUT2D eigenvalue weighted by molar-refractivity contribution is 5.85. The van der Waals surface area contributed by atoms with Crippen LogP contribution in [-0.4, -0.2) is 34.3 Å². The fraction of sp³-hybridized carbons (Fsp3) is 0.154. The van der Waals surface area contributed by atoms with Gasteiger partial charge in [-0.15, -0.1) is 8.78 Å². The minimum atomic E-state index is -3.95. The largest absolute Gasteiger partial charge is 0.586 e. The zero-order valence-electron chi connectivity index (χ0n) is 11.7. The molecule has 3 rings (SSSR count). The van der Waals surface area contributed by atoms with Gasteiger partial charge in [0.25, 0.3) is 5.43 Å². The number of carboxylic acid groups (broad SMARTS) is 1. The number of hydrogen-bond donors (Lipinski definition) is 1. The molecule has 1 aromatic heterocycles. The fourth-order valence-electron chi connectivity index (χ4n) is 2.01. The molecular formula is C13H7F3N2O6. The summed E-state index contributed by atoms with van der Waals surface area (Å²) in [4.78, 5) is 22.8. The Morgan fingerprint density at radius 2 is 1.96 bits per heavy atom. The van der Waals surface area contributed by atoms with Crippen LogP contribution in [0.4, 0.5) is 13.2 Å². The lowest BCUT2D eigenvalue weighted by Crippen LogP contribution is -2.25. The van der Waals surface area contributed by atoms with Gasteiger partial charge in [0.15, 0.2) is 23.1 Å². The second kappa shape index (κ2) is 5.15. The number of carbonyl (C=O) groups is 1. The van der Waals surface area contributed by atoms with Crippen LogP contribution in [0.3, 0.4) is 0 Å². The first kappa shape index (κ1) is 15.6. The van der Waals surface area contributed by atoms with Gasteiger partial charge in [-0.2, -0.15) is 5.10 Å². The number of methoxy groups -OCH3 is 1. The van der Waals surface area contributed by atoms with E-state index in [1.165, 1.54) is 0 Å². The summed E-state index contributed by atoms with van der Waals surface area (Å²) in [5, 5.41) is 12.5. The van der Waals surface area contributed by atoms with Crippen molar-refractivity contribution in [2.45, 2.75) is 6.29 Å². The molecule has 0 fully saturated rings. The highest BCUT2D eigenvalue weighted by Crippen LogP contribution is 2.42. The van der Waals surface area contributed by atoms with E-state index in [1.807, 2.05) is 0 Å². The van der Waals surface area contributed by atoms with Crippen molar-refractivity contribution in [3.63, 3.8) is 0 Å². The minimum absolute atomic E-state index is 0.426. The number of nitrogens with zero attached hydrogens (tertiary/aromatic N) is 2. The minimum Gasteiger partial charge on any atom is -0.491 e. The van der Waals surface area contributed by atoms with E-state index in [9.17, 15) is 22.8 Å².